The number of aliphatic carboxylic acids is 1. The monoisotopic (exact) mass is 201 g/mol. The summed E-state index contributed by atoms with van der Waals surface area (Å²) in [6.45, 7) is 0. The van der Waals surface area contributed by atoms with Crippen molar-refractivity contribution in [1.82, 2.24) is 0 Å². The molecule has 0 radical (unpaired) electrons. The third kappa shape index (κ3) is 8.42. The van der Waals surface area contributed by atoms with Crippen molar-refractivity contribution in [3.63, 3.8) is 0 Å². The molecular formula is C8H11NO5. The summed E-state index contributed by atoms with van der Waals surface area (Å²) < 4.78 is 0. The third-order valence-corrected chi connectivity index (χ3v) is 1.46. The number of carboxylic acid groups (broad SMARTS) is 1. The van der Waals surface area contributed by atoms with E-state index < -0.39 is 11.9 Å². The second kappa shape index (κ2) is 7.94. The standard InChI is InChI=1S/C8H11NO5/c10-6-9-14-8(13)5-3-1-2-4-7(11)12/h1-5H2,(H,11,12). The van der Waals surface area contributed by atoms with Crippen LogP contribution in [0.15, 0.2) is 5.16 Å². The number of unbranched alkanes of at least 4 members (excludes halogenated alkanes) is 2. The molecule has 0 amide bonds. The van der Waals surface area contributed by atoms with Crippen molar-refractivity contribution in [1.29, 1.82) is 0 Å². The Kier molecular flexibility index (Phi) is 6.99. The third-order valence-electron chi connectivity index (χ3n) is 1.46. The molecule has 0 spiro atoms. The number of carboxylic acids is 1. The van der Waals surface area contributed by atoms with Gasteiger partial charge in [0.25, 0.3) is 6.08 Å². The average Bonchev–Trinajstić information content (AvgIpc) is 2.13. The molecule has 1 N–H and O–H groups in total. The Bertz CT molecular complexity index is 244. The van der Waals surface area contributed by atoms with Gasteiger partial charge in [-0.25, -0.2) is 9.59 Å². The minimum Gasteiger partial charge on any atom is -0.481 e. The van der Waals surface area contributed by atoms with Crippen molar-refractivity contribution in [3.05, 3.63) is 0 Å². The Morgan fingerprint density at radius 1 is 1.21 bits per heavy atom. The Hall–Kier alpha value is -1.68. The first-order valence-corrected chi connectivity index (χ1v) is 4.15. The zero-order valence-electron chi connectivity index (χ0n) is 7.56. The van der Waals surface area contributed by atoms with Crippen molar-refractivity contribution >= 4 is 18.0 Å². The minimum atomic E-state index is -0.849. The van der Waals surface area contributed by atoms with E-state index in [9.17, 15) is 14.4 Å². The smallest absolute Gasteiger partial charge is 0.336 e. The Labute approximate surface area is 80.5 Å². The molecule has 0 aromatic rings. The maximum absolute atomic E-state index is 10.7. The van der Waals surface area contributed by atoms with Crippen LogP contribution in [0.5, 0.6) is 0 Å². The summed E-state index contributed by atoms with van der Waals surface area (Å²) >= 11 is 0. The van der Waals surface area contributed by atoms with Crippen LogP contribution in [0.25, 0.3) is 0 Å². The maximum atomic E-state index is 10.7. The Morgan fingerprint density at radius 2 is 1.86 bits per heavy atom. The highest BCUT2D eigenvalue weighted by Gasteiger charge is 2.02. The van der Waals surface area contributed by atoms with Crippen LogP contribution in [0.3, 0.4) is 0 Å². The van der Waals surface area contributed by atoms with Crippen LogP contribution in [0.2, 0.25) is 0 Å². The summed E-state index contributed by atoms with van der Waals surface area (Å²) in [4.78, 5) is 34.4. The van der Waals surface area contributed by atoms with Crippen LogP contribution in [0.4, 0.5) is 0 Å². The van der Waals surface area contributed by atoms with Crippen LogP contribution >= 0.6 is 0 Å². The number of isocyanates is 1. The normalized spacial score (nSPS) is 8.86. The van der Waals surface area contributed by atoms with Crippen LogP contribution < -0.4 is 0 Å². The van der Waals surface area contributed by atoms with Gasteiger partial charge in [-0.1, -0.05) is 6.42 Å². The summed E-state index contributed by atoms with van der Waals surface area (Å²) in [5, 5.41) is 10.9. The molecule has 6 nitrogen and oxygen atoms in total. The van der Waals surface area contributed by atoms with Gasteiger partial charge in [0.05, 0.1) is 0 Å². The predicted molar refractivity (Wildman–Crippen MR) is 44.9 cm³/mol. The first-order chi connectivity index (χ1) is 6.66. The van der Waals surface area contributed by atoms with Crippen molar-refractivity contribution in [2.24, 2.45) is 5.16 Å². The Morgan fingerprint density at radius 3 is 2.43 bits per heavy atom. The summed E-state index contributed by atoms with van der Waals surface area (Å²) in [6, 6.07) is 0. The zero-order valence-corrected chi connectivity index (χ0v) is 7.56. The van der Waals surface area contributed by atoms with Gasteiger partial charge >= 0.3 is 11.9 Å². The lowest BCUT2D eigenvalue weighted by atomic mass is 10.1. The number of rotatable bonds is 7. The number of carbonyl (C=O) groups excluding carboxylic acids is 2. The largest absolute Gasteiger partial charge is 0.481 e. The molecular weight excluding hydrogens is 190 g/mol. The minimum absolute atomic E-state index is 0.0987. The molecule has 0 saturated heterocycles. The fraction of sp³-hybridized carbons (Fsp3) is 0.625. The molecule has 0 heterocycles. The molecule has 0 rings (SSSR count). The fourth-order valence-electron chi connectivity index (χ4n) is 0.838. The van der Waals surface area contributed by atoms with E-state index in [-0.39, 0.29) is 12.8 Å². The molecule has 78 valence electrons. The lowest BCUT2D eigenvalue weighted by molar-refractivity contribution is -0.143. The van der Waals surface area contributed by atoms with Crippen molar-refractivity contribution in [2.45, 2.75) is 32.1 Å². The van der Waals surface area contributed by atoms with E-state index in [4.69, 9.17) is 5.11 Å². The summed E-state index contributed by atoms with van der Waals surface area (Å²) in [5.74, 6) is -1.46. The van der Waals surface area contributed by atoms with Gasteiger partial charge in [0, 0.05) is 18.0 Å². The van der Waals surface area contributed by atoms with Gasteiger partial charge in [-0.2, -0.15) is 0 Å². The molecule has 0 aliphatic rings. The summed E-state index contributed by atoms with van der Waals surface area (Å²) in [5.41, 5.74) is 0. The molecule has 6 heteroatoms. The predicted octanol–water partition coefficient (Wildman–Crippen LogP) is 0.815. The maximum Gasteiger partial charge on any atom is 0.336 e. The molecule has 0 saturated carbocycles. The molecule has 0 aromatic carbocycles. The molecule has 0 aliphatic carbocycles. The van der Waals surface area contributed by atoms with Crippen LogP contribution in [0.1, 0.15) is 32.1 Å². The van der Waals surface area contributed by atoms with Gasteiger partial charge in [-0.3, -0.25) is 4.79 Å². The zero-order chi connectivity index (χ0) is 10.8. The van der Waals surface area contributed by atoms with E-state index in [1.54, 1.807) is 0 Å². The molecule has 0 aromatic heterocycles. The highest BCUT2D eigenvalue weighted by molar-refractivity contribution is 5.69. The lowest BCUT2D eigenvalue weighted by Crippen LogP contribution is -1.99. The number of carbonyl (C=O) groups is 2. The van der Waals surface area contributed by atoms with Crippen molar-refractivity contribution < 1.29 is 24.3 Å². The average molecular weight is 201 g/mol. The van der Waals surface area contributed by atoms with E-state index in [2.05, 4.69) is 9.99 Å². The second-order valence-electron chi connectivity index (χ2n) is 2.60. The quantitative estimate of drug-likeness (QED) is 0.216. The van der Waals surface area contributed by atoms with Crippen molar-refractivity contribution in [3.8, 4) is 0 Å². The fourth-order valence-corrected chi connectivity index (χ4v) is 0.838. The Balaban J connectivity index is 3.31. The van der Waals surface area contributed by atoms with E-state index >= 15 is 0 Å². The number of hydrogen-bond donors (Lipinski definition) is 1. The molecule has 0 atom stereocenters. The van der Waals surface area contributed by atoms with Crippen molar-refractivity contribution in [2.75, 3.05) is 0 Å². The van der Waals surface area contributed by atoms with Crippen LogP contribution in [-0.4, -0.2) is 23.1 Å². The van der Waals surface area contributed by atoms with Gasteiger partial charge in [-0.15, -0.1) is 0 Å². The first-order valence-electron chi connectivity index (χ1n) is 4.15. The molecule has 0 aliphatic heterocycles. The van der Waals surface area contributed by atoms with E-state index in [0.29, 0.717) is 19.3 Å². The van der Waals surface area contributed by atoms with E-state index in [0.717, 1.165) is 6.08 Å². The topological polar surface area (TPSA) is 93.0 Å². The second-order valence-corrected chi connectivity index (χ2v) is 2.60. The highest BCUT2D eigenvalue weighted by atomic mass is 16.7. The molecule has 14 heavy (non-hydrogen) atoms. The lowest BCUT2D eigenvalue weighted by Gasteiger charge is -1.96. The summed E-state index contributed by atoms with van der Waals surface area (Å²) in [6.07, 6.45) is 2.98. The van der Waals surface area contributed by atoms with Gasteiger partial charge in [0.1, 0.15) is 0 Å². The highest BCUT2D eigenvalue weighted by Crippen LogP contribution is 2.03. The molecule has 0 unspecified atom stereocenters. The van der Waals surface area contributed by atoms with Gasteiger partial charge < -0.3 is 9.94 Å². The SMILES string of the molecule is O=C=NOC(=O)CCCCCC(=O)O. The van der Waals surface area contributed by atoms with Gasteiger partial charge in [-0.05, 0) is 12.8 Å². The van der Waals surface area contributed by atoms with Crippen LogP contribution in [-0.2, 0) is 19.2 Å². The first kappa shape index (κ1) is 12.3. The molecule has 0 bridgehead atoms. The molecule has 0 fully saturated rings. The van der Waals surface area contributed by atoms with Crippen LogP contribution in [0, 0.1) is 0 Å². The van der Waals surface area contributed by atoms with E-state index in [1.165, 1.54) is 0 Å². The number of nitrogens with zero attached hydrogens (tertiary/aromatic N) is 1. The van der Waals surface area contributed by atoms with Gasteiger partial charge in [0.15, 0.2) is 0 Å². The van der Waals surface area contributed by atoms with E-state index in [1.807, 2.05) is 0 Å². The number of hydrogen-bond acceptors (Lipinski definition) is 5. The van der Waals surface area contributed by atoms with Gasteiger partial charge in [0.2, 0.25) is 0 Å². The summed E-state index contributed by atoms with van der Waals surface area (Å²) in [7, 11) is 0.